The first-order valence-corrected chi connectivity index (χ1v) is 11.7. The van der Waals surface area contributed by atoms with Gasteiger partial charge in [0.15, 0.2) is 0 Å². The smallest absolute Gasteiger partial charge is 0.205 e. The second kappa shape index (κ2) is 13.2. The fraction of sp³-hybridized carbons (Fsp3) is 0.172. The van der Waals surface area contributed by atoms with Crippen molar-refractivity contribution in [2.45, 2.75) is 20.8 Å². The molecule has 0 aromatic rings. The van der Waals surface area contributed by atoms with Gasteiger partial charge in [-0.15, -0.1) is 0 Å². The highest BCUT2D eigenvalue weighted by Gasteiger charge is 2.22. The molecular formula is C29H36O4S. The normalized spacial score (nSPS) is 12.2. The van der Waals surface area contributed by atoms with Gasteiger partial charge in [0.1, 0.15) is 17.3 Å². The predicted octanol–water partition coefficient (Wildman–Crippen LogP) is 7.57. The Morgan fingerprint density at radius 3 is 1.44 bits per heavy atom. The molecule has 0 saturated carbocycles. The zero-order valence-corrected chi connectivity index (χ0v) is 21.6. The second-order valence-electron chi connectivity index (χ2n) is 8.00. The summed E-state index contributed by atoms with van der Waals surface area (Å²) in [6, 6.07) is 0. The zero-order chi connectivity index (χ0) is 26.7. The highest BCUT2D eigenvalue weighted by atomic mass is 32.2. The van der Waals surface area contributed by atoms with Gasteiger partial charge in [0.2, 0.25) is 9.84 Å². The van der Waals surface area contributed by atoms with Crippen LogP contribution in [0.1, 0.15) is 20.8 Å². The molecule has 0 atom stereocenters. The minimum Gasteiger partial charge on any atom is -0.497 e. The lowest BCUT2D eigenvalue weighted by atomic mass is 9.78. The molecule has 0 fully saturated rings. The van der Waals surface area contributed by atoms with Crippen LogP contribution < -0.4 is 0 Å². The first-order valence-electron chi connectivity index (χ1n) is 10.2. The third kappa shape index (κ3) is 9.92. The summed E-state index contributed by atoms with van der Waals surface area (Å²) in [5, 5.41) is 0. The lowest BCUT2D eigenvalue weighted by molar-refractivity contribution is 0.309. The molecule has 0 aliphatic carbocycles. The molecule has 34 heavy (non-hydrogen) atoms. The van der Waals surface area contributed by atoms with Crippen molar-refractivity contribution in [1.29, 1.82) is 0 Å². The molecular weight excluding hydrogens is 444 g/mol. The summed E-state index contributed by atoms with van der Waals surface area (Å²) in [5.74, 6) is 0.775. The largest absolute Gasteiger partial charge is 0.497 e. The summed E-state index contributed by atoms with van der Waals surface area (Å²) in [5.41, 5.74) is 2.22. The van der Waals surface area contributed by atoms with E-state index in [1.807, 2.05) is 32.9 Å². The van der Waals surface area contributed by atoms with Gasteiger partial charge < -0.3 is 9.47 Å². The Hall–Kier alpha value is -3.57. The number of hydrogen-bond acceptors (Lipinski definition) is 4. The molecule has 0 saturated heterocycles. The maximum atomic E-state index is 12.5. The SMILES string of the molecule is C=C(C)/C=C\C(=C)C(C)(C)C(=C)/C=C\C(=C)OC(=C)/C=C\C(=C)S(=O)(=O)C(=C)/C=C\C(=C)OC. The molecule has 0 aliphatic heterocycles. The molecule has 0 heterocycles. The summed E-state index contributed by atoms with van der Waals surface area (Å²) < 4.78 is 35.3. The predicted molar refractivity (Wildman–Crippen MR) is 146 cm³/mol. The van der Waals surface area contributed by atoms with Crippen molar-refractivity contribution in [3.63, 3.8) is 0 Å². The first-order chi connectivity index (χ1) is 15.5. The lowest BCUT2D eigenvalue weighted by Crippen LogP contribution is -2.14. The van der Waals surface area contributed by atoms with Crippen LogP contribution in [0.15, 0.2) is 145 Å². The number of allylic oxidation sites excluding steroid dienone is 11. The molecule has 5 heteroatoms. The third-order valence-electron chi connectivity index (χ3n) is 4.77. The second-order valence-corrected chi connectivity index (χ2v) is 10.1. The van der Waals surface area contributed by atoms with Gasteiger partial charge in [0.05, 0.1) is 16.9 Å². The Bertz CT molecular complexity index is 1130. The van der Waals surface area contributed by atoms with Gasteiger partial charge in [-0.25, -0.2) is 8.42 Å². The molecule has 0 aromatic carbocycles. The summed E-state index contributed by atoms with van der Waals surface area (Å²) in [6.45, 7) is 36.3. The molecule has 0 spiro atoms. The van der Waals surface area contributed by atoms with Crippen LogP contribution in [-0.2, 0) is 19.3 Å². The van der Waals surface area contributed by atoms with E-state index in [0.29, 0.717) is 11.5 Å². The van der Waals surface area contributed by atoms with Crippen LogP contribution in [0.2, 0.25) is 0 Å². The molecule has 0 aliphatic rings. The van der Waals surface area contributed by atoms with Crippen LogP contribution in [-0.4, -0.2) is 15.5 Å². The quantitative estimate of drug-likeness (QED) is 0.179. The van der Waals surface area contributed by atoms with Gasteiger partial charge in [0.25, 0.3) is 0 Å². The van der Waals surface area contributed by atoms with E-state index in [2.05, 4.69) is 52.6 Å². The Morgan fingerprint density at radius 1 is 0.647 bits per heavy atom. The van der Waals surface area contributed by atoms with Crippen molar-refractivity contribution in [1.82, 2.24) is 0 Å². The van der Waals surface area contributed by atoms with Crippen LogP contribution in [0.25, 0.3) is 0 Å². The van der Waals surface area contributed by atoms with Crippen molar-refractivity contribution in [2.24, 2.45) is 5.41 Å². The number of methoxy groups -OCH3 is 1. The summed E-state index contributed by atoms with van der Waals surface area (Å²) >= 11 is 0. The van der Waals surface area contributed by atoms with Crippen LogP contribution in [0, 0.1) is 5.41 Å². The van der Waals surface area contributed by atoms with E-state index in [0.717, 1.165) is 16.7 Å². The minimum atomic E-state index is -3.85. The number of ether oxygens (including phenoxy) is 2. The van der Waals surface area contributed by atoms with Crippen molar-refractivity contribution < 1.29 is 17.9 Å². The van der Waals surface area contributed by atoms with Gasteiger partial charge in [-0.05, 0) is 48.5 Å². The maximum absolute atomic E-state index is 12.5. The molecule has 0 unspecified atom stereocenters. The first kappa shape index (κ1) is 30.4. The average molecular weight is 481 g/mol. The topological polar surface area (TPSA) is 52.6 Å². The van der Waals surface area contributed by atoms with E-state index in [4.69, 9.17) is 9.47 Å². The lowest BCUT2D eigenvalue weighted by Gasteiger charge is -2.26. The van der Waals surface area contributed by atoms with Crippen molar-refractivity contribution in [3.05, 3.63) is 145 Å². The van der Waals surface area contributed by atoms with Crippen molar-refractivity contribution >= 4 is 9.84 Å². The van der Waals surface area contributed by atoms with Crippen LogP contribution in [0.5, 0.6) is 0 Å². The van der Waals surface area contributed by atoms with E-state index in [9.17, 15) is 8.42 Å². The summed E-state index contributed by atoms with van der Waals surface area (Å²) in [7, 11) is -2.42. The van der Waals surface area contributed by atoms with Crippen LogP contribution in [0.4, 0.5) is 0 Å². The summed E-state index contributed by atoms with van der Waals surface area (Å²) in [6.07, 6.45) is 12.6. The average Bonchev–Trinajstić information content (AvgIpc) is 2.76. The standard InChI is InChI=1S/C29H36O4S/c1-21(2)13-14-22(3)29(10,11)23(4)15-16-25(6)33-26(7)18-20-28(9)34(30,31)27(8)19-17-24(5)32-12/h13-20H,1,3-9H2,2,10-12H3/b14-13-,16-15-,19-17-,20-18-. The highest BCUT2D eigenvalue weighted by molar-refractivity contribution is 7.99. The highest BCUT2D eigenvalue weighted by Crippen LogP contribution is 2.34. The Balaban J connectivity index is 5.11. The summed E-state index contributed by atoms with van der Waals surface area (Å²) in [4.78, 5) is -0.326. The fourth-order valence-corrected chi connectivity index (χ4v) is 2.91. The molecule has 0 aromatic heterocycles. The third-order valence-corrected chi connectivity index (χ3v) is 6.42. The molecule has 0 radical (unpaired) electrons. The van der Waals surface area contributed by atoms with E-state index in [-0.39, 0.29) is 15.6 Å². The molecule has 4 nitrogen and oxygen atoms in total. The van der Waals surface area contributed by atoms with Gasteiger partial charge in [-0.3, -0.25) is 0 Å². The van der Waals surface area contributed by atoms with Crippen molar-refractivity contribution in [2.75, 3.05) is 7.11 Å². The Morgan fingerprint density at radius 2 is 1.03 bits per heavy atom. The van der Waals surface area contributed by atoms with Gasteiger partial charge in [-0.2, -0.15) is 0 Å². The zero-order valence-electron chi connectivity index (χ0n) is 20.8. The maximum Gasteiger partial charge on any atom is 0.205 e. The van der Waals surface area contributed by atoms with E-state index < -0.39 is 15.3 Å². The minimum absolute atomic E-state index is 0.153. The van der Waals surface area contributed by atoms with E-state index >= 15 is 0 Å². The van der Waals surface area contributed by atoms with Gasteiger partial charge in [0, 0.05) is 5.41 Å². The van der Waals surface area contributed by atoms with E-state index in [1.165, 1.54) is 31.4 Å². The molecule has 0 N–H and O–H groups in total. The van der Waals surface area contributed by atoms with Crippen molar-refractivity contribution in [3.8, 4) is 0 Å². The Kier molecular flexibility index (Phi) is 11.8. The van der Waals surface area contributed by atoms with Crippen LogP contribution in [0.3, 0.4) is 0 Å². The fourth-order valence-electron chi connectivity index (χ4n) is 2.08. The molecule has 0 bridgehead atoms. The van der Waals surface area contributed by atoms with Gasteiger partial charge in [-0.1, -0.05) is 90.3 Å². The number of hydrogen-bond donors (Lipinski definition) is 0. The molecule has 0 rings (SSSR count). The molecule has 0 amide bonds. The van der Waals surface area contributed by atoms with Gasteiger partial charge >= 0.3 is 0 Å². The number of sulfone groups is 1. The number of rotatable bonds is 15. The Labute approximate surface area is 206 Å². The van der Waals surface area contributed by atoms with E-state index in [1.54, 1.807) is 12.2 Å². The molecule has 182 valence electrons. The monoisotopic (exact) mass is 480 g/mol. The van der Waals surface area contributed by atoms with Crippen LogP contribution >= 0.6 is 0 Å².